The molecule has 14 heavy (non-hydrogen) atoms. The van der Waals surface area contributed by atoms with Crippen molar-refractivity contribution >= 4 is 0 Å². The van der Waals surface area contributed by atoms with Crippen LogP contribution in [-0.2, 0) is 6.42 Å². The highest BCUT2D eigenvalue weighted by Gasteiger charge is 2.30. The van der Waals surface area contributed by atoms with Gasteiger partial charge in [-0.2, -0.15) is 4.39 Å². The topological polar surface area (TPSA) is 45.2 Å². The highest BCUT2D eigenvalue weighted by atomic mass is 19.1. The van der Waals surface area contributed by atoms with E-state index in [0.717, 1.165) is 18.5 Å². The summed E-state index contributed by atoms with van der Waals surface area (Å²) in [7, 11) is 0. The maximum Gasteiger partial charge on any atom is 0.212 e. The third kappa shape index (κ3) is 2.08. The Morgan fingerprint density at radius 1 is 1.57 bits per heavy atom. The Labute approximate surface area is 82.0 Å². The molecule has 1 aromatic rings. The zero-order valence-electron chi connectivity index (χ0n) is 7.83. The number of aromatic nitrogens is 1. The molecule has 0 radical (unpaired) electrons. The van der Waals surface area contributed by atoms with Crippen molar-refractivity contribution in [1.82, 2.24) is 10.3 Å². The largest absolute Gasteiger partial charge is 0.388 e. The van der Waals surface area contributed by atoms with E-state index >= 15 is 0 Å². The van der Waals surface area contributed by atoms with Gasteiger partial charge in [0.2, 0.25) is 5.95 Å². The van der Waals surface area contributed by atoms with Crippen LogP contribution in [0.15, 0.2) is 18.3 Å². The first-order chi connectivity index (χ1) is 6.68. The monoisotopic (exact) mass is 196 g/mol. The van der Waals surface area contributed by atoms with Crippen LogP contribution in [0, 0.1) is 5.95 Å². The van der Waals surface area contributed by atoms with Crippen LogP contribution in [0.25, 0.3) is 0 Å². The maximum atomic E-state index is 12.5. The average Bonchev–Trinajstić information content (AvgIpc) is 2.57. The Bertz CT molecular complexity index is 306. The molecule has 1 atom stereocenters. The minimum absolute atomic E-state index is 0.481. The number of hydrogen-bond donors (Lipinski definition) is 2. The second-order valence-corrected chi connectivity index (χ2v) is 3.82. The second-order valence-electron chi connectivity index (χ2n) is 3.82. The summed E-state index contributed by atoms with van der Waals surface area (Å²) in [6.45, 7) is 1.44. The van der Waals surface area contributed by atoms with Gasteiger partial charge >= 0.3 is 0 Å². The number of nitrogens with zero attached hydrogens (tertiary/aromatic N) is 1. The van der Waals surface area contributed by atoms with E-state index in [1.54, 1.807) is 6.07 Å². The summed E-state index contributed by atoms with van der Waals surface area (Å²) in [5.41, 5.74) is 0.192. The van der Waals surface area contributed by atoms with Gasteiger partial charge in [-0.25, -0.2) is 4.98 Å². The first kappa shape index (κ1) is 9.55. The van der Waals surface area contributed by atoms with E-state index in [1.807, 2.05) is 0 Å². The van der Waals surface area contributed by atoms with E-state index in [-0.39, 0.29) is 0 Å². The van der Waals surface area contributed by atoms with Gasteiger partial charge in [-0.15, -0.1) is 0 Å². The molecular formula is C10H13FN2O. The lowest BCUT2D eigenvalue weighted by atomic mass is 9.95. The molecule has 2 heterocycles. The maximum absolute atomic E-state index is 12.5. The molecule has 0 aromatic carbocycles. The Morgan fingerprint density at radius 2 is 2.43 bits per heavy atom. The fraction of sp³-hybridized carbons (Fsp3) is 0.500. The van der Waals surface area contributed by atoms with Crippen LogP contribution in [0.4, 0.5) is 4.39 Å². The van der Waals surface area contributed by atoms with Gasteiger partial charge in [0.1, 0.15) is 0 Å². The van der Waals surface area contributed by atoms with Crippen LogP contribution in [0.2, 0.25) is 0 Å². The van der Waals surface area contributed by atoms with Crippen LogP contribution in [0.3, 0.4) is 0 Å². The molecule has 0 amide bonds. The van der Waals surface area contributed by atoms with E-state index in [4.69, 9.17) is 0 Å². The van der Waals surface area contributed by atoms with Crippen LogP contribution in [0.5, 0.6) is 0 Å². The van der Waals surface area contributed by atoms with Crippen molar-refractivity contribution < 1.29 is 9.50 Å². The molecular weight excluding hydrogens is 183 g/mol. The molecule has 76 valence electrons. The standard InChI is InChI=1S/C10H13FN2O/c11-9-2-1-8(6-13-9)5-10(14)3-4-12-7-10/h1-2,6,12,14H,3-5,7H2. The Balaban J connectivity index is 2.06. The van der Waals surface area contributed by atoms with Gasteiger partial charge in [0, 0.05) is 19.2 Å². The molecule has 1 unspecified atom stereocenters. The van der Waals surface area contributed by atoms with E-state index in [2.05, 4.69) is 10.3 Å². The third-order valence-electron chi connectivity index (χ3n) is 2.54. The molecule has 1 fully saturated rings. The summed E-state index contributed by atoms with van der Waals surface area (Å²) >= 11 is 0. The predicted octanol–water partition coefficient (Wildman–Crippen LogP) is 0.488. The van der Waals surface area contributed by atoms with E-state index in [1.165, 1.54) is 12.3 Å². The van der Waals surface area contributed by atoms with Crippen molar-refractivity contribution in [3.63, 3.8) is 0 Å². The van der Waals surface area contributed by atoms with E-state index in [9.17, 15) is 9.50 Å². The number of hydrogen-bond acceptors (Lipinski definition) is 3. The van der Waals surface area contributed by atoms with Crippen molar-refractivity contribution in [2.24, 2.45) is 0 Å². The second kappa shape index (κ2) is 3.63. The summed E-state index contributed by atoms with van der Waals surface area (Å²) in [5.74, 6) is -0.481. The van der Waals surface area contributed by atoms with Gasteiger partial charge < -0.3 is 10.4 Å². The fourth-order valence-corrected chi connectivity index (χ4v) is 1.77. The summed E-state index contributed by atoms with van der Waals surface area (Å²) < 4.78 is 12.5. The van der Waals surface area contributed by atoms with Crippen LogP contribution in [-0.4, -0.2) is 28.8 Å². The minimum atomic E-state index is -0.681. The number of pyridine rings is 1. The zero-order valence-corrected chi connectivity index (χ0v) is 7.83. The highest BCUT2D eigenvalue weighted by molar-refractivity contribution is 5.13. The number of nitrogens with one attached hydrogen (secondary N) is 1. The van der Waals surface area contributed by atoms with Crippen molar-refractivity contribution in [2.75, 3.05) is 13.1 Å². The van der Waals surface area contributed by atoms with Gasteiger partial charge in [-0.3, -0.25) is 0 Å². The third-order valence-corrected chi connectivity index (χ3v) is 2.54. The van der Waals surface area contributed by atoms with Crippen molar-refractivity contribution in [2.45, 2.75) is 18.4 Å². The molecule has 1 aromatic heterocycles. The molecule has 0 aliphatic carbocycles. The Hall–Kier alpha value is -1.00. The number of rotatable bonds is 2. The van der Waals surface area contributed by atoms with Crippen LogP contribution in [0.1, 0.15) is 12.0 Å². The minimum Gasteiger partial charge on any atom is -0.388 e. The Kier molecular flexibility index (Phi) is 2.48. The molecule has 0 spiro atoms. The highest BCUT2D eigenvalue weighted by Crippen LogP contribution is 2.19. The molecule has 1 saturated heterocycles. The smallest absolute Gasteiger partial charge is 0.212 e. The molecule has 0 saturated carbocycles. The molecule has 2 N–H and O–H groups in total. The molecule has 3 nitrogen and oxygen atoms in total. The van der Waals surface area contributed by atoms with E-state index < -0.39 is 11.5 Å². The van der Waals surface area contributed by atoms with Crippen molar-refractivity contribution in [1.29, 1.82) is 0 Å². The van der Waals surface area contributed by atoms with Crippen molar-refractivity contribution in [3.05, 3.63) is 29.8 Å². The summed E-state index contributed by atoms with van der Waals surface area (Å²) in [6, 6.07) is 2.99. The SMILES string of the molecule is OC1(Cc2ccc(F)nc2)CCNC1. The predicted molar refractivity (Wildman–Crippen MR) is 50.3 cm³/mol. The quantitative estimate of drug-likeness (QED) is 0.676. The fourth-order valence-electron chi connectivity index (χ4n) is 1.77. The summed E-state index contributed by atoms with van der Waals surface area (Å²) in [5, 5.41) is 13.1. The lowest BCUT2D eigenvalue weighted by Gasteiger charge is -2.20. The molecule has 2 rings (SSSR count). The first-order valence-corrected chi connectivity index (χ1v) is 4.72. The Morgan fingerprint density at radius 3 is 3.00 bits per heavy atom. The van der Waals surface area contributed by atoms with Gasteiger partial charge in [0.25, 0.3) is 0 Å². The number of aliphatic hydroxyl groups is 1. The average molecular weight is 196 g/mol. The zero-order chi connectivity index (χ0) is 10.0. The van der Waals surface area contributed by atoms with Gasteiger partial charge in [0.15, 0.2) is 0 Å². The first-order valence-electron chi connectivity index (χ1n) is 4.72. The molecule has 4 heteroatoms. The van der Waals surface area contributed by atoms with Crippen LogP contribution >= 0.6 is 0 Å². The molecule has 1 aliphatic heterocycles. The van der Waals surface area contributed by atoms with Gasteiger partial charge in [-0.05, 0) is 24.6 Å². The lowest BCUT2D eigenvalue weighted by molar-refractivity contribution is 0.0618. The lowest BCUT2D eigenvalue weighted by Crippen LogP contribution is -2.33. The van der Waals surface area contributed by atoms with Gasteiger partial charge in [-0.1, -0.05) is 6.07 Å². The van der Waals surface area contributed by atoms with Crippen LogP contribution < -0.4 is 5.32 Å². The van der Waals surface area contributed by atoms with E-state index in [0.29, 0.717) is 13.0 Å². The number of halogens is 1. The molecule has 1 aliphatic rings. The normalized spacial score (nSPS) is 26.7. The van der Waals surface area contributed by atoms with Gasteiger partial charge in [0.05, 0.1) is 5.60 Å². The summed E-state index contributed by atoms with van der Waals surface area (Å²) in [6.07, 6.45) is 2.75. The number of β-amino-alcohol motifs (C(OH)–C–C–N with tert-alkyl or cyclic N) is 1. The van der Waals surface area contributed by atoms with Crippen molar-refractivity contribution in [3.8, 4) is 0 Å². The molecule has 0 bridgehead atoms. The summed E-state index contributed by atoms with van der Waals surface area (Å²) in [4.78, 5) is 3.55.